The lowest BCUT2D eigenvalue weighted by atomic mass is 10.2. The Bertz CT molecular complexity index is 1310. The molecule has 5 rings (SSSR count). The standard InChI is InChI=1S/C23H24N4O2S/c1-18-9-11-19(12-10-18)30(28,29)26-14-5-13-25(16-17-26)23-22-8-4-15-27(22)21-7-3-2-6-20(21)24-23/h2-4,6-12,15H,5,13-14,16-17H2,1H3. The van der Waals surface area contributed by atoms with Gasteiger partial charge in [0.1, 0.15) is 0 Å². The van der Waals surface area contributed by atoms with Crippen LogP contribution in [-0.2, 0) is 10.0 Å². The van der Waals surface area contributed by atoms with Crippen molar-refractivity contribution in [3.63, 3.8) is 0 Å². The Labute approximate surface area is 176 Å². The maximum absolute atomic E-state index is 13.1. The van der Waals surface area contributed by atoms with E-state index in [9.17, 15) is 8.42 Å². The van der Waals surface area contributed by atoms with Crippen molar-refractivity contribution in [2.45, 2.75) is 18.2 Å². The van der Waals surface area contributed by atoms with Crippen LogP contribution in [0.25, 0.3) is 16.6 Å². The van der Waals surface area contributed by atoms with Crippen molar-refractivity contribution in [2.24, 2.45) is 0 Å². The molecule has 0 unspecified atom stereocenters. The van der Waals surface area contributed by atoms with E-state index in [0.29, 0.717) is 24.5 Å². The topological polar surface area (TPSA) is 57.9 Å². The van der Waals surface area contributed by atoms with Crippen molar-refractivity contribution >= 4 is 32.4 Å². The molecule has 0 spiro atoms. The molecule has 1 saturated heterocycles. The summed E-state index contributed by atoms with van der Waals surface area (Å²) in [7, 11) is -3.49. The Morgan fingerprint density at radius 1 is 0.833 bits per heavy atom. The van der Waals surface area contributed by atoms with Gasteiger partial charge in [-0.05, 0) is 49.7 Å². The number of aromatic nitrogens is 2. The largest absolute Gasteiger partial charge is 0.353 e. The van der Waals surface area contributed by atoms with Crippen LogP contribution in [0.2, 0.25) is 0 Å². The lowest BCUT2D eigenvalue weighted by molar-refractivity contribution is 0.433. The summed E-state index contributed by atoms with van der Waals surface area (Å²) in [4.78, 5) is 7.51. The molecule has 1 fully saturated rings. The molecule has 7 heteroatoms. The van der Waals surface area contributed by atoms with Crippen LogP contribution in [0.15, 0.2) is 71.8 Å². The molecule has 2 aromatic carbocycles. The number of nitrogens with zero attached hydrogens (tertiary/aromatic N) is 4. The summed E-state index contributed by atoms with van der Waals surface area (Å²) in [6.07, 6.45) is 2.81. The minimum absolute atomic E-state index is 0.361. The second kappa shape index (κ2) is 7.41. The summed E-state index contributed by atoms with van der Waals surface area (Å²) < 4.78 is 30.0. The zero-order valence-corrected chi connectivity index (χ0v) is 17.7. The number of aryl methyl sites for hydroxylation is 1. The molecule has 0 bridgehead atoms. The predicted octanol–water partition coefficient (Wildman–Crippen LogP) is 3.70. The van der Waals surface area contributed by atoms with Gasteiger partial charge in [0.05, 0.1) is 21.4 Å². The van der Waals surface area contributed by atoms with Crippen LogP contribution in [0, 0.1) is 6.92 Å². The fraction of sp³-hybridized carbons (Fsp3) is 0.261. The molecule has 1 aliphatic rings. The first-order valence-electron chi connectivity index (χ1n) is 10.2. The number of rotatable bonds is 3. The predicted molar refractivity (Wildman–Crippen MR) is 119 cm³/mol. The van der Waals surface area contributed by atoms with Crippen molar-refractivity contribution in [3.8, 4) is 0 Å². The second-order valence-electron chi connectivity index (χ2n) is 7.75. The lowest BCUT2D eigenvalue weighted by Gasteiger charge is -2.24. The van der Waals surface area contributed by atoms with Crippen LogP contribution in [0.1, 0.15) is 12.0 Å². The van der Waals surface area contributed by atoms with Gasteiger partial charge in [-0.2, -0.15) is 4.31 Å². The third-order valence-electron chi connectivity index (χ3n) is 5.76. The van der Waals surface area contributed by atoms with Crippen molar-refractivity contribution in [1.29, 1.82) is 0 Å². The van der Waals surface area contributed by atoms with Gasteiger partial charge in [-0.1, -0.05) is 29.8 Å². The molecule has 0 radical (unpaired) electrons. The Morgan fingerprint density at radius 3 is 2.43 bits per heavy atom. The van der Waals surface area contributed by atoms with Gasteiger partial charge in [-0.3, -0.25) is 0 Å². The molecule has 3 heterocycles. The van der Waals surface area contributed by atoms with E-state index in [2.05, 4.69) is 27.6 Å². The van der Waals surface area contributed by atoms with Gasteiger partial charge in [0.15, 0.2) is 5.82 Å². The van der Waals surface area contributed by atoms with E-state index in [1.807, 2.05) is 43.3 Å². The van der Waals surface area contributed by atoms with Crippen molar-refractivity contribution < 1.29 is 8.42 Å². The summed E-state index contributed by atoms with van der Waals surface area (Å²) in [6, 6.07) is 19.3. The normalized spacial score (nSPS) is 16.2. The van der Waals surface area contributed by atoms with Gasteiger partial charge >= 0.3 is 0 Å². The average molecular weight is 421 g/mol. The number of para-hydroxylation sites is 2. The molecule has 0 amide bonds. The zero-order valence-electron chi connectivity index (χ0n) is 16.9. The van der Waals surface area contributed by atoms with E-state index in [1.54, 1.807) is 16.4 Å². The highest BCUT2D eigenvalue weighted by Crippen LogP contribution is 2.27. The minimum atomic E-state index is -3.49. The van der Waals surface area contributed by atoms with Crippen molar-refractivity contribution in [3.05, 3.63) is 72.4 Å². The molecule has 154 valence electrons. The number of benzene rings is 2. The highest BCUT2D eigenvalue weighted by Gasteiger charge is 2.28. The fourth-order valence-corrected chi connectivity index (χ4v) is 5.61. The summed E-state index contributed by atoms with van der Waals surface area (Å²) in [5.41, 5.74) is 4.10. The molecule has 4 aromatic rings. The molecular formula is C23H24N4O2S. The molecular weight excluding hydrogens is 396 g/mol. The Morgan fingerprint density at radius 2 is 1.60 bits per heavy atom. The summed E-state index contributed by atoms with van der Waals surface area (Å²) in [5, 5.41) is 0. The summed E-state index contributed by atoms with van der Waals surface area (Å²) in [6.45, 7) is 4.29. The highest BCUT2D eigenvalue weighted by molar-refractivity contribution is 7.89. The van der Waals surface area contributed by atoms with Crippen LogP contribution in [0.5, 0.6) is 0 Å². The van der Waals surface area contributed by atoms with E-state index >= 15 is 0 Å². The highest BCUT2D eigenvalue weighted by atomic mass is 32.2. The van der Waals surface area contributed by atoms with Crippen LogP contribution in [0.4, 0.5) is 5.82 Å². The maximum Gasteiger partial charge on any atom is 0.243 e. The van der Waals surface area contributed by atoms with Gasteiger partial charge in [0.25, 0.3) is 0 Å². The maximum atomic E-state index is 13.1. The molecule has 2 aromatic heterocycles. The fourth-order valence-electron chi connectivity index (χ4n) is 4.14. The smallest absolute Gasteiger partial charge is 0.243 e. The van der Waals surface area contributed by atoms with Crippen LogP contribution in [0.3, 0.4) is 0 Å². The summed E-state index contributed by atoms with van der Waals surface area (Å²) >= 11 is 0. The average Bonchev–Trinajstić information content (AvgIpc) is 3.11. The van der Waals surface area contributed by atoms with E-state index in [-0.39, 0.29) is 0 Å². The van der Waals surface area contributed by atoms with Gasteiger partial charge in [0.2, 0.25) is 10.0 Å². The van der Waals surface area contributed by atoms with Gasteiger partial charge < -0.3 is 9.30 Å². The molecule has 0 aliphatic carbocycles. The number of sulfonamides is 1. The van der Waals surface area contributed by atoms with Gasteiger partial charge in [-0.15, -0.1) is 0 Å². The van der Waals surface area contributed by atoms with Gasteiger partial charge in [-0.25, -0.2) is 13.4 Å². The number of fused-ring (bicyclic) bond motifs is 3. The molecule has 0 atom stereocenters. The number of anilines is 1. The first kappa shape index (κ1) is 19.1. The molecule has 1 aliphatic heterocycles. The SMILES string of the molecule is Cc1ccc(S(=O)(=O)N2CCCN(c3nc4ccccc4n4cccc34)CC2)cc1. The minimum Gasteiger partial charge on any atom is -0.353 e. The molecule has 0 saturated carbocycles. The second-order valence-corrected chi connectivity index (χ2v) is 9.68. The quantitative estimate of drug-likeness (QED) is 0.507. The third-order valence-corrected chi connectivity index (χ3v) is 7.67. The first-order valence-corrected chi connectivity index (χ1v) is 11.7. The number of hydrogen-bond donors (Lipinski definition) is 0. The van der Waals surface area contributed by atoms with Crippen molar-refractivity contribution in [2.75, 3.05) is 31.1 Å². The van der Waals surface area contributed by atoms with Crippen LogP contribution in [-0.4, -0.2) is 48.3 Å². The third kappa shape index (κ3) is 3.24. The molecule has 6 nitrogen and oxygen atoms in total. The van der Waals surface area contributed by atoms with Crippen LogP contribution >= 0.6 is 0 Å². The van der Waals surface area contributed by atoms with Crippen molar-refractivity contribution in [1.82, 2.24) is 13.7 Å². The molecule has 30 heavy (non-hydrogen) atoms. The van der Waals surface area contributed by atoms with E-state index in [1.165, 1.54) is 0 Å². The molecule has 0 N–H and O–H groups in total. The van der Waals surface area contributed by atoms with Gasteiger partial charge in [0, 0.05) is 32.4 Å². The monoisotopic (exact) mass is 420 g/mol. The Balaban J connectivity index is 1.46. The number of hydrogen-bond acceptors (Lipinski definition) is 4. The Kier molecular flexibility index (Phi) is 4.72. The van der Waals surface area contributed by atoms with E-state index < -0.39 is 10.0 Å². The zero-order chi connectivity index (χ0) is 20.7. The first-order chi connectivity index (χ1) is 14.5. The van der Waals surface area contributed by atoms with Crippen LogP contribution < -0.4 is 4.90 Å². The Hall–Kier alpha value is -2.90. The van der Waals surface area contributed by atoms with E-state index in [0.717, 1.165) is 40.9 Å². The lowest BCUT2D eigenvalue weighted by Crippen LogP contribution is -2.35. The van der Waals surface area contributed by atoms with E-state index in [4.69, 9.17) is 4.98 Å². The summed E-state index contributed by atoms with van der Waals surface area (Å²) in [5.74, 6) is 0.910.